The van der Waals surface area contributed by atoms with Crippen molar-refractivity contribution in [3.8, 4) is 0 Å². The van der Waals surface area contributed by atoms with Crippen molar-refractivity contribution >= 4 is 17.5 Å². The number of carboxylic acids is 1. The zero-order valence-corrected chi connectivity index (χ0v) is 11.7. The van der Waals surface area contributed by atoms with Crippen molar-refractivity contribution < 1.29 is 14.8 Å². The van der Waals surface area contributed by atoms with Crippen molar-refractivity contribution in [3.05, 3.63) is 27.9 Å². The summed E-state index contributed by atoms with van der Waals surface area (Å²) in [6.07, 6.45) is 8.35. The van der Waals surface area contributed by atoms with Gasteiger partial charge in [-0.1, -0.05) is 32.1 Å². The first-order chi connectivity index (χ1) is 10.1. The highest BCUT2D eigenvalue weighted by molar-refractivity contribution is 5.88. The number of pyridine rings is 1. The summed E-state index contributed by atoms with van der Waals surface area (Å²) >= 11 is 0. The molecule has 1 aliphatic rings. The molecule has 1 aromatic heterocycles. The average Bonchev–Trinajstić information content (AvgIpc) is 2.48. The fourth-order valence-corrected chi connectivity index (χ4v) is 2.72. The predicted octanol–water partition coefficient (Wildman–Crippen LogP) is 3.07. The van der Waals surface area contributed by atoms with Crippen molar-refractivity contribution in [2.24, 2.45) is 5.92 Å². The maximum absolute atomic E-state index is 11.0. The molecule has 0 aromatic carbocycles. The van der Waals surface area contributed by atoms with Crippen molar-refractivity contribution in [2.45, 2.75) is 38.5 Å². The zero-order chi connectivity index (χ0) is 15.2. The maximum atomic E-state index is 11.0. The van der Waals surface area contributed by atoms with Crippen molar-refractivity contribution in [2.75, 3.05) is 11.9 Å². The molecule has 0 aliphatic heterocycles. The Morgan fingerprint density at radius 3 is 2.76 bits per heavy atom. The molecule has 1 aliphatic carbocycles. The van der Waals surface area contributed by atoms with Crippen molar-refractivity contribution in [1.82, 2.24) is 4.98 Å². The van der Waals surface area contributed by atoms with Crippen LogP contribution in [0.1, 0.15) is 48.9 Å². The Balaban J connectivity index is 1.98. The van der Waals surface area contributed by atoms with E-state index in [2.05, 4.69) is 10.3 Å². The van der Waals surface area contributed by atoms with Gasteiger partial charge in [-0.05, 0) is 12.3 Å². The average molecular weight is 293 g/mol. The number of hydrogen-bond acceptors (Lipinski definition) is 5. The number of hydrogen-bond donors (Lipinski definition) is 2. The fraction of sp³-hybridized carbons (Fsp3) is 0.571. The van der Waals surface area contributed by atoms with Crippen LogP contribution < -0.4 is 5.32 Å². The summed E-state index contributed by atoms with van der Waals surface area (Å²) in [4.78, 5) is 25.1. The number of carboxylic acid groups (broad SMARTS) is 1. The summed E-state index contributed by atoms with van der Waals surface area (Å²) in [5.41, 5.74) is -0.474. The molecule has 1 fully saturated rings. The molecule has 0 amide bonds. The van der Waals surface area contributed by atoms with Crippen molar-refractivity contribution in [3.63, 3.8) is 0 Å². The summed E-state index contributed by atoms with van der Waals surface area (Å²) in [6.45, 7) is 0.616. The molecular formula is C14H19N3O4. The molecule has 0 saturated heterocycles. The molecular weight excluding hydrogens is 274 g/mol. The van der Waals surface area contributed by atoms with Crippen molar-refractivity contribution in [1.29, 1.82) is 0 Å². The summed E-state index contributed by atoms with van der Waals surface area (Å²) in [6, 6.07) is 1.04. The molecule has 0 spiro atoms. The second-order valence-electron chi connectivity index (χ2n) is 5.37. The summed E-state index contributed by atoms with van der Waals surface area (Å²) in [7, 11) is 0. The lowest BCUT2D eigenvalue weighted by Crippen LogP contribution is -2.14. The highest BCUT2D eigenvalue weighted by Gasteiger charge is 2.19. The largest absolute Gasteiger partial charge is 0.478 e. The molecule has 0 bridgehead atoms. The SMILES string of the molecule is O=C(O)c1cnc(NCCC2CCCCC2)c([N+](=O)[O-])c1. The summed E-state index contributed by atoms with van der Waals surface area (Å²) in [5.74, 6) is -0.413. The number of carbonyl (C=O) groups is 1. The van der Waals surface area contributed by atoms with Crippen LogP contribution in [0.2, 0.25) is 0 Å². The molecule has 2 rings (SSSR count). The van der Waals surface area contributed by atoms with Crippen LogP contribution in [-0.4, -0.2) is 27.5 Å². The van der Waals surface area contributed by atoms with Crippen LogP contribution in [0.3, 0.4) is 0 Å². The smallest absolute Gasteiger partial charge is 0.337 e. The van der Waals surface area contributed by atoms with Crippen LogP contribution in [-0.2, 0) is 0 Å². The Hall–Kier alpha value is -2.18. The van der Waals surface area contributed by atoms with Gasteiger partial charge < -0.3 is 10.4 Å². The van der Waals surface area contributed by atoms with E-state index in [-0.39, 0.29) is 17.1 Å². The molecule has 7 nitrogen and oxygen atoms in total. The van der Waals surface area contributed by atoms with Gasteiger partial charge in [0.1, 0.15) is 0 Å². The number of aromatic nitrogens is 1. The normalized spacial score (nSPS) is 15.6. The molecule has 1 aromatic rings. The molecule has 7 heteroatoms. The standard InChI is InChI=1S/C14H19N3O4/c18-14(19)11-8-12(17(20)21)13(16-9-11)15-7-6-10-4-2-1-3-5-10/h8-10H,1-7H2,(H,15,16)(H,18,19). The fourth-order valence-electron chi connectivity index (χ4n) is 2.72. The number of rotatable bonds is 6. The van der Waals surface area contributed by atoms with Gasteiger partial charge in [-0.25, -0.2) is 9.78 Å². The maximum Gasteiger partial charge on any atom is 0.337 e. The first-order valence-corrected chi connectivity index (χ1v) is 7.19. The Morgan fingerprint density at radius 2 is 2.14 bits per heavy atom. The minimum absolute atomic E-state index is 0.140. The topological polar surface area (TPSA) is 105 Å². The zero-order valence-electron chi connectivity index (χ0n) is 11.7. The number of anilines is 1. The van der Waals surface area contributed by atoms with Gasteiger partial charge in [-0.15, -0.1) is 0 Å². The monoisotopic (exact) mass is 293 g/mol. The summed E-state index contributed by atoms with van der Waals surface area (Å²) < 4.78 is 0. The molecule has 21 heavy (non-hydrogen) atoms. The highest BCUT2D eigenvalue weighted by atomic mass is 16.6. The third-order valence-corrected chi connectivity index (χ3v) is 3.88. The molecule has 2 N–H and O–H groups in total. The summed E-state index contributed by atoms with van der Waals surface area (Å²) in [5, 5.41) is 22.8. The van der Waals surface area contributed by atoms with E-state index in [9.17, 15) is 14.9 Å². The van der Waals surface area contributed by atoms with E-state index in [0.717, 1.165) is 18.7 Å². The van der Waals surface area contributed by atoms with E-state index in [1.54, 1.807) is 0 Å². The predicted molar refractivity (Wildman–Crippen MR) is 77.5 cm³/mol. The van der Waals surface area contributed by atoms with Crippen LogP contribution in [0, 0.1) is 16.0 Å². The second-order valence-corrected chi connectivity index (χ2v) is 5.37. The minimum Gasteiger partial charge on any atom is -0.478 e. The Morgan fingerprint density at radius 1 is 1.43 bits per heavy atom. The van der Waals surface area contributed by atoms with Gasteiger partial charge in [0, 0.05) is 18.8 Å². The van der Waals surface area contributed by atoms with Gasteiger partial charge in [0.15, 0.2) is 0 Å². The van der Waals surface area contributed by atoms with Gasteiger partial charge in [0.25, 0.3) is 0 Å². The number of nitro groups is 1. The third-order valence-electron chi connectivity index (χ3n) is 3.88. The second kappa shape index (κ2) is 7.01. The lowest BCUT2D eigenvalue weighted by Gasteiger charge is -2.21. The number of nitrogens with one attached hydrogen (secondary N) is 1. The van der Waals surface area contributed by atoms with Gasteiger partial charge in [-0.3, -0.25) is 10.1 Å². The first kappa shape index (κ1) is 15.2. The Bertz CT molecular complexity index is 527. The van der Waals surface area contributed by atoms with E-state index >= 15 is 0 Å². The van der Waals surface area contributed by atoms with E-state index in [4.69, 9.17) is 5.11 Å². The van der Waals surface area contributed by atoms with Crippen LogP contribution >= 0.6 is 0 Å². The first-order valence-electron chi connectivity index (χ1n) is 7.19. The molecule has 0 unspecified atom stereocenters. The van der Waals surface area contributed by atoms with E-state index < -0.39 is 10.9 Å². The quantitative estimate of drug-likeness (QED) is 0.616. The van der Waals surface area contributed by atoms with E-state index in [1.165, 1.54) is 32.1 Å². The third kappa shape index (κ3) is 4.14. The molecule has 1 heterocycles. The highest BCUT2D eigenvalue weighted by Crippen LogP contribution is 2.27. The molecule has 0 atom stereocenters. The van der Waals surface area contributed by atoms with Gasteiger partial charge in [0.2, 0.25) is 5.82 Å². The van der Waals surface area contributed by atoms with Gasteiger partial charge in [-0.2, -0.15) is 0 Å². The van der Waals surface area contributed by atoms with Crippen LogP contribution in [0.25, 0.3) is 0 Å². The lowest BCUT2D eigenvalue weighted by atomic mass is 9.87. The minimum atomic E-state index is -1.22. The van der Waals surface area contributed by atoms with Gasteiger partial charge in [0.05, 0.1) is 10.5 Å². The number of nitrogens with zero attached hydrogens (tertiary/aromatic N) is 2. The molecule has 0 radical (unpaired) electrons. The number of aromatic carboxylic acids is 1. The van der Waals surface area contributed by atoms with Crippen LogP contribution in [0.5, 0.6) is 0 Å². The lowest BCUT2D eigenvalue weighted by molar-refractivity contribution is -0.384. The van der Waals surface area contributed by atoms with Crippen LogP contribution in [0.15, 0.2) is 12.3 Å². The Labute approximate surface area is 122 Å². The van der Waals surface area contributed by atoms with E-state index in [0.29, 0.717) is 12.5 Å². The molecule has 1 saturated carbocycles. The van der Waals surface area contributed by atoms with Crippen LogP contribution in [0.4, 0.5) is 11.5 Å². The van der Waals surface area contributed by atoms with E-state index in [1.807, 2.05) is 0 Å². The Kier molecular flexibility index (Phi) is 5.08. The van der Waals surface area contributed by atoms with Gasteiger partial charge >= 0.3 is 11.7 Å². The molecule has 114 valence electrons.